The van der Waals surface area contributed by atoms with Crippen LogP contribution in [-0.2, 0) is 6.54 Å². The van der Waals surface area contributed by atoms with Gasteiger partial charge in [0.15, 0.2) is 0 Å². The number of hydrogen-bond acceptors (Lipinski definition) is 6. The lowest BCUT2D eigenvalue weighted by Gasteiger charge is -2.36. The number of anilines is 2. The zero-order valence-corrected chi connectivity index (χ0v) is 15.6. The number of pyridine rings is 1. The molecule has 0 atom stereocenters. The average molecular weight is 379 g/mol. The van der Waals surface area contributed by atoms with Crippen molar-refractivity contribution < 1.29 is 9.90 Å². The molecule has 0 radical (unpaired) electrons. The van der Waals surface area contributed by atoms with Crippen molar-refractivity contribution in [1.82, 2.24) is 14.5 Å². The Hall–Kier alpha value is -3.42. The SMILES string of the molecule is CCn1cc(C(=O)O)c(=O)c2cnc(N3CCN(c4ccccc4)CC3)nc21. The lowest BCUT2D eigenvalue weighted by atomic mass is 10.2. The second-order valence-corrected chi connectivity index (χ2v) is 6.68. The minimum absolute atomic E-state index is 0.230. The Morgan fingerprint density at radius 3 is 2.43 bits per heavy atom. The number of hydrogen-bond donors (Lipinski definition) is 1. The first-order valence-electron chi connectivity index (χ1n) is 9.27. The maximum absolute atomic E-state index is 12.4. The van der Waals surface area contributed by atoms with Crippen molar-refractivity contribution in [2.75, 3.05) is 36.0 Å². The van der Waals surface area contributed by atoms with Gasteiger partial charge in [0.25, 0.3) is 0 Å². The molecular formula is C20H21N5O3. The molecule has 0 aliphatic carbocycles. The van der Waals surface area contributed by atoms with Gasteiger partial charge in [0, 0.05) is 50.8 Å². The zero-order chi connectivity index (χ0) is 19.7. The second kappa shape index (κ2) is 7.30. The first-order chi connectivity index (χ1) is 13.6. The van der Waals surface area contributed by atoms with E-state index >= 15 is 0 Å². The first-order valence-corrected chi connectivity index (χ1v) is 9.27. The molecule has 4 rings (SSSR count). The van der Waals surface area contributed by atoms with E-state index in [2.05, 4.69) is 31.9 Å². The number of para-hydroxylation sites is 1. The standard InChI is InChI=1S/C20H21N5O3/c1-2-23-13-16(19(27)28)17(26)15-12-21-20(22-18(15)23)25-10-8-24(9-11-25)14-6-4-3-5-7-14/h3-7,12-13H,2,8-11H2,1H3,(H,27,28). The van der Waals surface area contributed by atoms with E-state index in [-0.39, 0.29) is 10.9 Å². The molecule has 0 amide bonds. The number of benzene rings is 1. The molecule has 1 aliphatic heterocycles. The van der Waals surface area contributed by atoms with Gasteiger partial charge in [-0.1, -0.05) is 18.2 Å². The van der Waals surface area contributed by atoms with Crippen LogP contribution in [0, 0.1) is 0 Å². The minimum atomic E-state index is -1.24. The van der Waals surface area contributed by atoms with Crippen molar-refractivity contribution in [3.63, 3.8) is 0 Å². The van der Waals surface area contributed by atoms with E-state index in [4.69, 9.17) is 0 Å². The van der Waals surface area contributed by atoms with E-state index in [0.717, 1.165) is 26.2 Å². The Labute approximate surface area is 161 Å². The first kappa shape index (κ1) is 18.0. The molecule has 28 heavy (non-hydrogen) atoms. The maximum atomic E-state index is 12.4. The van der Waals surface area contributed by atoms with Crippen LogP contribution in [0.25, 0.3) is 11.0 Å². The van der Waals surface area contributed by atoms with E-state index < -0.39 is 11.4 Å². The Bertz CT molecular complexity index is 1070. The molecule has 0 bridgehead atoms. The molecule has 0 saturated carbocycles. The van der Waals surface area contributed by atoms with E-state index in [0.29, 0.717) is 18.1 Å². The van der Waals surface area contributed by atoms with Gasteiger partial charge in [-0.05, 0) is 19.1 Å². The molecule has 8 heteroatoms. The van der Waals surface area contributed by atoms with Crippen LogP contribution in [0.2, 0.25) is 0 Å². The highest BCUT2D eigenvalue weighted by Gasteiger charge is 2.21. The summed E-state index contributed by atoms with van der Waals surface area (Å²) in [5.41, 5.74) is 0.852. The normalized spacial score (nSPS) is 14.5. The summed E-state index contributed by atoms with van der Waals surface area (Å²) >= 11 is 0. The largest absolute Gasteiger partial charge is 0.477 e. The van der Waals surface area contributed by atoms with E-state index in [1.54, 1.807) is 4.57 Å². The van der Waals surface area contributed by atoms with Gasteiger partial charge in [-0.3, -0.25) is 4.79 Å². The summed E-state index contributed by atoms with van der Waals surface area (Å²) in [4.78, 5) is 37.1. The molecule has 0 unspecified atom stereocenters. The number of nitrogens with zero attached hydrogens (tertiary/aromatic N) is 5. The summed E-state index contributed by atoms with van der Waals surface area (Å²) in [6, 6.07) is 10.3. The number of piperazine rings is 1. The van der Waals surface area contributed by atoms with Crippen molar-refractivity contribution in [3.8, 4) is 0 Å². The summed E-state index contributed by atoms with van der Waals surface area (Å²) in [5.74, 6) is -0.680. The number of carbonyl (C=O) groups is 1. The lowest BCUT2D eigenvalue weighted by Crippen LogP contribution is -2.47. The Balaban J connectivity index is 1.63. The molecule has 3 heterocycles. The van der Waals surface area contributed by atoms with Crippen molar-refractivity contribution in [2.24, 2.45) is 0 Å². The molecule has 1 aromatic carbocycles. The molecule has 144 valence electrons. The van der Waals surface area contributed by atoms with Crippen LogP contribution < -0.4 is 15.2 Å². The van der Waals surface area contributed by atoms with Crippen molar-refractivity contribution in [1.29, 1.82) is 0 Å². The van der Waals surface area contributed by atoms with Gasteiger partial charge in [-0.25, -0.2) is 9.78 Å². The second-order valence-electron chi connectivity index (χ2n) is 6.68. The fourth-order valence-electron chi connectivity index (χ4n) is 3.51. The summed E-state index contributed by atoms with van der Waals surface area (Å²) in [6.07, 6.45) is 2.80. The van der Waals surface area contributed by atoms with Gasteiger partial charge in [0.05, 0.1) is 5.39 Å². The number of aryl methyl sites for hydroxylation is 1. The summed E-state index contributed by atoms with van der Waals surface area (Å²) in [7, 11) is 0. The lowest BCUT2D eigenvalue weighted by molar-refractivity contribution is 0.0695. The van der Waals surface area contributed by atoms with Crippen LogP contribution in [-0.4, -0.2) is 51.8 Å². The number of aromatic carboxylic acids is 1. The highest BCUT2D eigenvalue weighted by molar-refractivity contribution is 5.91. The van der Waals surface area contributed by atoms with Crippen molar-refractivity contribution in [2.45, 2.75) is 13.5 Å². The van der Waals surface area contributed by atoms with E-state index in [9.17, 15) is 14.7 Å². The summed E-state index contributed by atoms with van der Waals surface area (Å²) in [6.45, 7) is 5.63. The van der Waals surface area contributed by atoms with Crippen LogP contribution in [0.15, 0.2) is 47.5 Å². The van der Waals surface area contributed by atoms with Crippen LogP contribution >= 0.6 is 0 Å². The molecule has 0 spiro atoms. The number of aromatic nitrogens is 3. The van der Waals surface area contributed by atoms with Gasteiger partial charge < -0.3 is 19.5 Å². The Morgan fingerprint density at radius 2 is 1.79 bits per heavy atom. The zero-order valence-electron chi connectivity index (χ0n) is 15.6. The van der Waals surface area contributed by atoms with Gasteiger partial charge in [-0.15, -0.1) is 0 Å². The third kappa shape index (κ3) is 3.17. The number of rotatable bonds is 4. The molecule has 3 aromatic rings. The number of carboxylic acids is 1. The van der Waals surface area contributed by atoms with Gasteiger partial charge in [0.1, 0.15) is 11.2 Å². The number of carboxylic acid groups (broad SMARTS) is 1. The Kier molecular flexibility index (Phi) is 4.68. The van der Waals surface area contributed by atoms with E-state index in [1.807, 2.05) is 25.1 Å². The van der Waals surface area contributed by atoms with E-state index in [1.165, 1.54) is 18.1 Å². The highest BCUT2D eigenvalue weighted by Crippen LogP contribution is 2.19. The monoisotopic (exact) mass is 379 g/mol. The molecule has 8 nitrogen and oxygen atoms in total. The number of fused-ring (bicyclic) bond motifs is 1. The van der Waals surface area contributed by atoms with Crippen LogP contribution in [0.1, 0.15) is 17.3 Å². The molecule has 1 N–H and O–H groups in total. The predicted octanol–water partition coefficient (Wildman–Crippen LogP) is 1.84. The third-order valence-corrected chi connectivity index (χ3v) is 5.06. The van der Waals surface area contributed by atoms with Gasteiger partial charge in [-0.2, -0.15) is 4.98 Å². The molecule has 1 fully saturated rings. The fraction of sp³-hybridized carbons (Fsp3) is 0.300. The van der Waals surface area contributed by atoms with Crippen LogP contribution in [0.5, 0.6) is 0 Å². The molecule has 1 saturated heterocycles. The third-order valence-electron chi connectivity index (χ3n) is 5.06. The molecule has 2 aromatic heterocycles. The average Bonchev–Trinajstić information content (AvgIpc) is 2.74. The fourth-order valence-corrected chi connectivity index (χ4v) is 3.51. The Morgan fingerprint density at radius 1 is 1.11 bits per heavy atom. The van der Waals surface area contributed by atoms with Crippen LogP contribution in [0.4, 0.5) is 11.6 Å². The van der Waals surface area contributed by atoms with Crippen molar-refractivity contribution >= 4 is 28.6 Å². The predicted molar refractivity (Wildman–Crippen MR) is 107 cm³/mol. The van der Waals surface area contributed by atoms with Gasteiger partial charge >= 0.3 is 5.97 Å². The highest BCUT2D eigenvalue weighted by atomic mass is 16.4. The summed E-state index contributed by atoms with van der Waals surface area (Å²) < 4.78 is 1.69. The summed E-state index contributed by atoms with van der Waals surface area (Å²) in [5, 5.41) is 9.49. The maximum Gasteiger partial charge on any atom is 0.341 e. The topological polar surface area (TPSA) is 91.6 Å². The van der Waals surface area contributed by atoms with Crippen molar-refractivity contribution in [3.05, 3.63) is 58.5 Å². The minimum Gasteiger partial charge on any atom is -0.477 e. The van der Waals surface area contributed by atoms with Crippen LogP contribution in [0.3, 0.4) is 0 Å². The smallest absolute Gasteiger partial charge is 0.341 e. The molecular weight excluding hydrogens is 358 g/mol. The molecule has 1 aliphatic rings. The quantitative estimate of drug-likeness (QED) is 0.739. The van der Waals surface area contributed by atoms with Gasteiger partial charge in [0.2, 0.25) is 11.4 Å².